The second kappa shape index (κ2) is 6.44. The number of Topliss-reactive ketones (excluding diaryl/α,β-unsaturated/α-hetero) is 1. The molecule has 3 aliphatic carbocycles. The molecule has 1 N–H and O–H groups in total. The van der Waals surface area contributed by atoms with Gasteiger partial charge in [0.05, 0.1) is 13.2 Å². The lowest BCUT2D eigenvalue weighted by atomic mass is 9.49. The fourth-order valence-electron chi connectivity index (χ4n) is 6.34. The molecule has 4 nitrogen and oxygen atoms in total. The number of rotatable bonds is 4. The van der Waals surface area contributed by atoms with Crippen LogP contribution in [0.5, 0.6) is 0 Å². The molecule has 3 saturated carbocycles. The Morgan fingerprint density at radius 3 is 2.71 bits per heavy atom. The molecule has 0 aromatic heterocycles. The van der Waals surface area contributed by atoms with Gasteiger partial charge in [0.1, 0.15) is 5.78 Å². The minimum atomic E-state index is -0.203. The second-order valence-electron chi connectivity index (χ2n) is 9.02. The molecule has 6 atom stereocenters. The van der Waals surface area contributed by atoms with Gasteiger partial charge in [-0.25, -0.2) is 0 Å². The van der Waals surface area contributed by atoms with Gasteiger partial charge < -0.3 is 9.84 Å². The van der Waals surface area contributed by atoms with Crippen LogP contribution in [0.1, 0.15) is 71.6 Å². The Kier molecular flexibility index (Phi) is 4.80. The first kappa shape index (κ1) is 17.9. The van der Waals surface area contributed by atoms with E-state index >= 15 is 0 Å². The smallest absolute Gasteiger partial charge is 0.305 e. The van der Waals surface area contributed by atoms with Gasteiger partial charge in [0.15, 0.2) is 0 Å². The summed E-state index contributed by atoms with van der Waals surface area (Å²) in [6.07, 6.45) is 7.43. The van der Waals surface area contributed by atoms with E-state index in [-0.39, 0.29) is 22.9 Å². The number of ketones is 1. The van der Waals surface area contributed by atoms with Crippen molar-refractivity contribution in [3.05, 3.63) is 0 Å². The number of aliphatic hydroxyl groups excluding tert-OH is 1. The van der Waals surface area contributed by atoms with Crippen LogP contribution in [0.25, 0.3) is 0 Å². The monoisotopic (exact) mass is 336 g/mol. The molecule has 4 heteroatoms. The van der Waals surface area contributed by atoms with Crippen LogP contribution in [-0.4, -0.2) is 30.1 Å². The molecule has 0 spiro atoms. The summed E-state index contributed by atoms with van der Waals surface area (Å²) in [5.41, 5.74) is 0.00854. The lowest BCUT2D eigenvalue weighted by Crippen LogP contribution is -2.51. The van der Waals surface area contributed by atoms with Crippen LogP contribution < -0.4 is 0 Å². The SMILES string of the molecule is COC(=O)CCCC1(C)CC(=O)CC2C1CCC1(C)C(O)CCC21. The van der Waals surface area contributed by atoms with Crippen LogP contribution in [0.2, 0.25) is 0 Å². The van der Waals surface area contributed by atoms with E-state index in [4.69, 9.17) is 4.74 Å². The minimum Gasteiger partial charge on any atom is -0.469 e. The number of hydrogen-bond donors (Lipinski definition) is 1. The Labute approximate surface area is 145 Å². The van der Waals surface area contributed by atoms with Crippen molar-refractivity contribution in [1.29, 1.82) is 0 Å². The highest BCUT2D eigenvalue weighted by atomic mass is 16.5. The molecule has 0 saturated heterocycles. The van der Waals surface area contributed by atoms with Crippen LogP contribution in [0.3, 0.4) is 0 Å². The molecular weight excluding hydrogens is 304 g/mol. The quantitative estimate of drug-likeness (QED) is 0.798. The van der Waals surface area contributed by atoms with Crippen molar-refractivity contribution >= 4 is 11.8 Å². The first-order valence-corrected chi connectivity index (χ1v) is 9.57. The predicted molar refractivity (Wildman–Crippen MR) is 91.3 cm³/mol. The van der Waals surface area contributed by atoms with Gasteiger partial charge in [0, 0.05) is 19.3 Å². The summed E-state index contributed by atoms with van der Waals surface area (Å²) >= 11 is 0. The van der Waals surface area contributed by atoms with Crippen LogP contribution in [0.4, 0.5) is 0 Å². The molecule has 3 rings (SSSR count). The number of ether oxygens (including phenoxy) is 1. The standard InChI is InChI=1S/C20H32O4/c1-19(9-4-5-18(23)24-3)12-13(21)11-14-15(19)8-10-20(2)16(14)6-7-17(20)22/h14-17,22H,4-12H2,1-3H3. The third-order valence-electron chi connectivity index (χ3n) is 7.70. The Morgan fingerprint density at radius 2 is 2.00 bits per heavy atom. The zero-order chi connectivity index (χ0) is 17.5. The van der Waals surface area contributed by atoms with Gasteiger partial charge in [-0.2, -0.15) is 0 Å². The summed E-state index contributed by atoms with van der Waals surface area (Å²) < 4.78 is 4.75. The molecule has 136 valence electrons. The summed E-state index contributed by atoms with van der Waals surface area (Å²) in [6.45, 7) is 4.49. The molecule has 0 heterocycles. The molecule has 0 aromatic carbocycles. The molecule has 3 fully saturated rings. The second-order valence-corrected chi connectivity index (χ2v) is 9.02. The molecule has 0 bridgehead atoms. The average molecular weight is 336 g/mol. The predicted octanol–water partition coefficient (Wildman–Crippen LogP) is 3.50. The van der Waals surface area contributed by atoms with E-state index in [1.54, 1.807) is 0 Å². The first-order valence-electron chi connectivity index (χ1n) is 9.57. The van der Waals surface area contributed by atoms with Crippen molar-refractivity contribution in [2.75, 3.05) is 7.11 Å². The largest absolute Gasteiger partial charge is 0.469 e. The molecule has 3 aliphatic rings. The normalized spacial score (nSPS) is 44.8. The van der Waals surface area contributed by atoms with Gasteiger partial charge in [-0.3, -0.25) is 9.59 Å². The van der Waals surface area contributed by atoms with E-state index in [1.165, 1.54) is 7.11 Å². The van der Waals surface area contributed by atoms with E-state index in [1.807, 2.05) is 0 Å². The van der Waals surface area contributed by atoms with Gasteiger partial charge in [0.25, 0.3) is 0 Å². The zero-order valence-corrected chi connectivity index (χ0v) is 15.3. The van der Waals surface area contributed by atoms with Crippen molar-refractivity contribution in [1.82, 2.24) is 0 Å². The van der Waals surface area contributed by atoms with Gasteiger partial charge in [-0.05, 0) is 67.1 Å². The van der Waals surface area contributed by atoms with Crippen molar-refractivity contribution in [3.8, 4) is 0 Å². The number of carbonyl (C=O) groups excluding carboxylic acids is 2. The van der Waals surface area contributed by atoms with Crippen molar-refractivity contribution < 1.29 is 19.4 Å². The van der Waals surface area contributed by atoms with Crippen LogP contribution >= 0.6 is 0 Å². The number of methoxy groups -OCH3 is 1. The van der Waals surface area contributed by atoms with Gasteiger partial charge >= 0.3 is 5.97 Å². The van der Waals surface area contributed by atoms with Gasteiger partial charge in [-0.15, -0.1) is 0 Å². The number of aliphatic hydroxyl groups is 1. The van der Waals surface area contributed by atoms with E-state index in [0.29, 0.717) is 42.8 Å². The van der Waals surface area contributed by atoms with E-state index < -0.39 is 0 Å². The molecule has 0 aliphatic heterocycles. The molecule has 0 amide bonds. The summed E-state index contributed by atoms with van der Waals surface area (Å²) in [5.74, 6) is 1.67. The number of fused-ring (bicyclic) bond motifs is 3. The zero-order valence-electron chi connectivity index (χ0n) is 15.3. The Bertz CT molecular complexity index is 516. The number of carbonyl (C=O) groups is 2. The number of esters is 1. The topological polar surface area (TPSA) is 63.6 Å². The van der Waals surface area contributed by atoms with E-state index in [9.17, 15) is 14.7 Å². The highest BCUT2D eigenvalue weighted by molar-refractivity contribution is 5.80. The number of hydrogen-bond acceptors (Lipinski definition) is 4. The summed E-state index contributed by atoms with van der Waals surface area (Å²) in [5, 5.41) is 10.5. The molecule has 24 heavy (non-hydrogen) atoms. The van der Waals surface area contributed by atoms with E-state index in [0.717, 1.165) is 38.5 Å². The third kappa shape index (κ3) is 2.91. The van der Waals surface area contributed by atoms with Crippen molar-refractivity contribution in [2.24, 2.45) is 28.6 Å². The fraction of sp³-hybridized carbons (Fsp3) is 0.900. The lowest BCUT2D eigenvalue weighted by Gasteiger charge is -2.55. The molecule has 0 aromatic rings. The molecule has 0 radical (unpaired) electrons. The highest BCUT2D eigenvalue weighted by Crippen LogP contribution is 2.63. The average Bonchev–Trinajstić information content (AvgIpc) is 2.82. The lowest BCUT2D eigenvalue weighted by molar-refractivity contribution is -0.142. The summed E-state index contributed by atoms with van der Waals surface area (Å²) in [7, 11) is 1.43. The fourth-order valence-corrected chi connectivity index (χ4v) is 6.34. The maximum absolute atomic E-state index is 12.5. The minimum absolute atomic E-state index is 0.00287. The van der Waals surface area contributed by atoms with Gasteiger partial charge in [-0.1, -0.05) is 13.8 Å². The Hall–Kier alpha value is -0.900. The van der Waals surface area contributed by atoms with Crippen LogP contribution in [0, 0.1) is 28.6 Å². The van der Waals surface area contributed by atoms with Crippen molar-refractivity contribution in [3.63, 3.8) is 0 Å². The Morgan fingerprint density at radius 1 is 1.25 bits per heavy atom. The summed E-state index contributed by atoms with van der Waals surface area (Å²) in [6, 6.07) is 0. The maximum Gasteiger partial charge on any atom is 0.305 e. The first-order chi connectivity index (χ1) is 11.3. The molecule has 6 unspecified atom stereocenters. The highest BCUT2D eigenvalue weighted by Gasteiger charge is 2.58. The van der Waals surface area contributed by atoms with Gasteiger partial charge in [0.2, 0.25) is 0 Å². The third-order valence-corrected chi connectivity index (χ3v) is 7.70. The van der Waals surface area contributed by atoms with E-state index in [2.05, 4.69) is 13.8 Å². The summed E-state index contributed by atoms with van der Waals surface area (Å²) in [4.78, 5) is 23.9. The van der Waals surface area contributed by atoms with Crippen LogP contribution in [-0.2, 0) is 14.3 Å². The molecular formula is C20H32O4. The van der Waals surface area contributed by atoms with Crippen molar-refractivity contribution in [2.45, 2.75) is 77.7 Å². The Balaban J connectivity index is 1.75. The van der Waals surface area contributed by atoms with Crippen LogP contribution in [0.15, 0.2) is 0 Å². The maximum atomic E-state index is 12.5.